The normalized spacial score (nSPS) is 9.93. The van der Waals surface area contributed by atoms with Crippen LogP contribution in [0.1, 0.15) is 25.3 Å². The zero-order valence-electron chi connectivity index (χ0n) is 8.90. The minimum Gasteiger partial charge on any atom is -0.508 e. The third-order valence-corrected chi connectivity index (χ3v) is 2.10. The summed E-state index contributed by atoms with van der Waals surface area (Å²) in [6.07, 6.45) is 2.81. The third-order valence-electron chi connectivity index (χ3n) is 2.10. The second-order valence-electron chi connectivity index (χ2n) is 3.46. The molecule has 0 heterocycles. The topological polar surface area (TPSA) is 46.5 Å². The van der Waals surface area contributed by atoms with Gasteiger partial charge in [0.1, 0.15) is 5.75 Å². The molecule has 0 saturated heterocycles. The molecule has 0 radical (unpaired) electrons. The van der Waals surface area contributed by atoms with E-state index >= 15 is 0 Å². The molecule has 0 aliphatic carbocycles. The zero-order chi connectivity index (χ0) is 11.1. The van der Waals surface area contributed by atoms with Crippen molar-refractivity contribution in [2.24, 2.45) is 0 Å². The van der Waals surface area contributed by atoms with Gasteiger partial charge in [-0.05, 0) is 37.0 Å². The highest BCUT2D eigenvalue weighted by Gasteiger charge is 1.95. The lowest BCUT2D eigenvalue weighted by atomic mass is 10.1. The van der Waals surface area contributed by atoms with Crippen molar-refractivity contribution in [1.29, 1.82) is 0 Å². The van der Waals surface area contributed by atoms with Crippen LogP contribution in [-0.4, -0.2) is 17.7 Å². The van der Waals surface area contributed by atoms with Crippen molar-refractivity contribution in [3.05, 3.63) is 29.8 Å². The van der Waals surface area contributed by atoms with E-state index in [1.165, 1.54) is 12.5 Å². The minimum absolute atomic E-state index is 0.223. The number of phenolic OH excluding ortho intramolecular Hbond substituents is 1. The Kier molecular flexibility index (Phi) is 4.68. The molecule has 0 saturated carbocycles. The Hall–Kier alpha value is -1.51. The van der Waals surface area contributed by atoms with Crippen molar-refractivity contribution < 1.29 is 14.6 Å². The monoisotopic (exact) mass is 208 g/mol. The van der Waals surface area contributed by atoms with E-state index < -0.39 is 0 Å². The summed E-state index contributed by atoms with van der Waals surface area (Å²) in [6.45, 7) is 1.91. The predicted octanol–water partition coefficient (Wildman–Crippen LogP) is 2.28. The number of unbranched alkanes of at least 4 members (excludes halogenated alkanes) is 1. The molecule has 0 bridgehead atoms. The second-order valence-corrected chi connectivity index (χ2v) is 3.46. The summed E-state index contributed by atoms with van der Waals surface area (Å²) in [4.78, 5) is 10.5. The first-order valence-corrected chi connectivity index (χ1v) is 5.10. The number of carbonyl (C=O) groups excluding carboxylic acids is 1. The number of benzene rings is 1. The molecule has 1 aromatic rings. The van der Waals surface area contributed by atoms with E-state index in [9.17, 15) is 4.79 Å². The summed E-state index contributed by atoms with van der Waals surface area (Å²) in [7, 11) is 0. The van der Waals surface area contributed by atoms with Gasteiger partial charge in [-0.3, -0.25) is 4.79 Å². The van der Waals surface area contributed by atoms with Gasteiger partial charge in [-0.1, -0.05) is 12.1 Å². The van der Waals surface area contributed by atoms with E-state index in [-0.39, 0.29) is 5.97 Å². The Morgan fingerprint density at radius 2 is 1.93 bits per heavy atom. The Bertz CT molecular complexity index is 303. The van der Waals surface area contributed by atoms with E-state index in [2.05, 4.69) is 0 Å². The maximum Gasteiger partial charge on any atom is 0.302 e. The third kappa shape index (κ3) is 5.05. The number of aryl methyl sites for hydroxylation is 1. The van der Waals surface area contributed by atoms with Gasteiger partial charge in [0.25, 0.3) is 0 Å². The smallest absolute Gasteiger partial charge is 0.302 e. The maximum atomic E-state index is 10.5. The summed E-state index contributed by atoms with van der Waals surface area (Å²) in [5, 5.41) is 9.07. The first-order valence-electron chi connectivity index (χ1n) is 5.10. The molecule has 3 nitrogen and oxygen atoms in total. The highest BCUT2D eigenvalue weighted by atomic mass is 16.5. The van der Waals surface area contributed by atoms with E-state index in [1.54, 1.807) is 12.1 Å². The largest absolute Gasteiger partial charge is 0.508 e. The van der Waals surface area contributed by atoms with Gasteiger partial charge in [0.05, 0.1) is 6.61 Å². The molecule has 15 heavy (non-hydrogen) atoms. The number of esters is 1. The SMILES string of the molecule is CC(=O)OCCCCc1ccc(O)cc1. The molecule has 0 unspecified atom stereocenters. The van der Waals surface area contributed by atoms with Gasteiger partial charge < -0.3 is 9.84 Å². The average molecular weight is 208 g/mol. The molecule has 3 heteroatoms. The highest BCUT2D eigenvalue weighted by molar-refractivity contribution is 5.65. The van der Waals surface area contributed by atoms with Gasteiger partial charge in [-0.2, -0.15) is 0 Å². The number of aromatic hydroxyl groups is 1. The van der Waals surface area contributed by atoms with Gasteiger partial charge in [-0.15, -0.1) is 0 Å². The van der Waals surface area contributed by atoms with Crippen LogP contribution in [0.2, 0.25) is 0 Å². The molecule has 0 amide bonds. The van der Waals surface area contributed by atoms with Crippen LogP contribution in [-0.2, 0) is 16.0 Å². The van der Waals surface area contributed by atoms with Crippen LogP contribution >= 0.6 is 0 Å². The fourth-order valence-electron chi connectivity index (χ4n) is 1.31. The van der Waals surface area contributed by atoms with Crippen molar-refractivity contribution in [1.82, 2.24) is 0 Å². The van der Waals surface area contributed by atoms with Crippen LogP contribution in [0.3, 0.4) is 0 Å². The lowest BCUT2D eigenvalue weighted by Crippen LogP contribution is -2.00. The number of rotatable bonds is 5. The summed E-state index contributed by atoms with van der Waals surface area (Å²) in [6, 6.07) is 7.17. The van der Waals surface area contributed by atoms with Crippen molar-refractivity contribution in [2.75, 3.05) is 6.61 Å². The molecule has 0 atom stereocenters. The fourth-order valence-corrected chi connectivity index (χ4v) is 1.31. The molecule has 0 spiro atoms. The summed E-state index contributed by atoms with van der Waals surface area (Å²) >= 11 is 0. The lowest BCUT2D eigenvalue weighted by Gasteiger charge is -2.02. The lowest BCUT2D eigenvalue weighted by molar-refractivity contribution is -0.141. The van der Waals surface area contributed by atoms with Crippen molar-refractivity contribution in [3.63, 3.8) is 0 Å². The number of hydrogen-bond acceptors (Lipinski definition) is 3. The number of ether oxygens (including phenoxy) is 1. The van der Waals surface area contributed by atoms with Crippen molar-refractivity contribution >= 4 is 5.97 Å². The predicted molar refractivity (Wildman–Crippen MR) is 57.7 cm³/mol. The molecule has 0 aromatic heterocycles. The molecule has 1 rings (SSSR count). The van der Waals surface area contributed by atoms with Crippen molar-refractivity contribution in [3.8, 4) is 5.75 Å². The standard InChI is InChI=1S/C12H16O3/c1-10(13)15-9-3-2-4-11-5-7-12(14)8-6-11/h5-8,14H,2-4,9H2,1H3. The highest BCUT2D eigenvalue weighted by Crippen LogP contribution is 2.11. The summed E-state index contributed by atoms with van der Waals surface area (Å²) < 4.78 is 4.82. The Morgan fingerprint density at radius 1 is 1.27 bits per heavy atom. The number of carbonyl (C=O) groups is 1. The zero-order valence-corrected chi connectivity index (χ0v) is 8.90. The molecule has 0 aliphatic rings. The summed E-state index contributed by atoms with van der Waals surface area (Å²) in [5.41, 5.74) is 1.19. The van der Waals surface area contributed by atoms with Crippen LogP contribution < -0.4 is 0 Å². The van der Waals surface area contributed by atoms with E-state index in [0.717, 1.165) is 19.3 Å². The van der Waals surface area contributed by atoms with E-state index in [1.807, 2.05) is 12.1 Å². The van der Waals surface area contributed by atoms with E-state index in [0.29, 0.717) is 12.4 Å². The quantitative estimate of drug-likeness (QED) is 0.596. The molecule has 82 valence electrons. The average Bonchev–Trinajstić information content (AvgIpc) is 2.20. The van der Waals surface area contributed by atoms with Gasteiger partial charge >= 0.3 is 5.97 Å². The molecule has 1 N–H and O–H groups in total. The van der Waals surface area contributed by atoms with Crippen LogP contribution in [0.15, 0.2) is 24.3 Å². The Morgan fingerprint density at radius 3 is 2.53 bits per heavy atom. The van der Waals surface area contributed by atoms with Crippen LogP contribution in [0, 0.1) is 0 Å². The van der Waals surface area contributed by atoms with Crippen molar-refractivity contribution in [2.45, 2.75) is 26.2 Å². The van der Waals surface area contributed by atoms with Gasteiger partial charge in [0.2, 0.25) is 0 Å². The maximum absolute atomic E-state index is 10.5. The minimum atomic E-state index is -0.223. The van der Waals surface area contributed by atoms with Gasteiger partial charge in [0.15, 0.2) is 0 Å². The van der Waals surface area contributed by atoms with Crippen LogP contribution in [0.25, 0.3) is 0 Å². The Balaban J connectivity index is 2.15. The first kappa shape index (κ1) is 11.6. The number of phenols is 1. The second kappa shape index (κ2) is 6.06. The van der Waals surface area contributed by atoms with Gasteiger partial charge in [0, 0.05) is 6.92 Å². The van der Waals surface area contributed by atoms with Crippen LogP contribution in [0.4, 0.5) is 0 Å². The Labute approximate surface area is 89.7 Å². The molecule has 1 aromatic carbocycles. The van der Waals surface area contributed by atoms with Crippen LogP contribution in [0.5, 0.6) is 5.75 Å². The molecule has 0 fully saturated rings. The molecular weight excluding hydrogens is 192 g/mol. The summed E-state index contributed by atoms with van der Waals surface area (Å²) in [5.74, 6) is 0.0679. The number of hydrogen-bond donors (Lipinski definition) is 1. The van der Waals surface area contributed by atoms with E-state index in [4.69, 9.17) is 9.84 Å². The fraction of sp³-hybridized carbons (Fsp3) is 0.417. The molecular formula is C12H16O3. The molecule has 0 aliphatic heterocycles. The van der Waals surface area contributed by atoms with Gasteiger partial charge in [-0.25, -0.2) is 0 Å². The first-order chi connectivity index (χ1) is 7.18.